The molecule has 0 aliphatic heterocycles. The number of benzene rings is 2. The molecule has 2 aromatic rings. The SMILES string of the molecule is COC(=O)c1ccc(/C=N/NC(=O)CN(C2CCCCC2)S(=O)(=O)c2ccccc2)cc1. The molecular weight excluding hydrogens is 430 g/mol. The van der Waals surface area contributed by atoms with Crippen LogP contribution in [0, 0.1) is 0 Å². The zero-order valence-electron chi connectivity index (χ0n) is 17.9. The third-order valence-corrected chi connectivity index (χ3v) is 7.28. The molecule has 8 nitrogen and oxygen atoms in total. The summed E-state index contributed by atoms with van der Waals surface area (Å²) in [5.41, 5.74) is 3.48. The van der Waals surface area contributed by atoms with E-state index in [0.29, 0.717) is 11.1 Å². The van der Waals surface area contributed by atoms with Crippen LogP contribution in [-0.2, 0) is 19.6 Å². The van der Waals surface area contributed by atoms with Crippen LogP contribution in [0.3, 0.4) is 0 Å². The van der Waals surface area contributed by atoms with Gasteiger partial charge in [0.05, 0.1) is 30.3 Å². The molecule has 0 atom stereocenters. The Bertz CT molecular complexity index is 1050. The number of sulfonamides is 1. The smallest absolute Gasteiger partial charge is 0.337 e. The first-order valence-electron chi connectivity index (χ1n) is 10.5. The Morgan fingerprint density at radius 1 is 1.06 bits per heavy atom. The van der Waals surface area contributed by atoms with Crippen molar-refractivity contribution in [1.29, 1.82) is 0 Å². The second kappa shape index (κ2) is 11.0. The highest BCUT2D eigenvalue weighted by molar-refractivity contribution is 7.89. The maximum absolute atomic E-state index is 13.2. The number of carbonyl (C=O) groups excluding carboxylic acids is 2. The van der Waals surface area contributed by atoms with E-state index < -0.39 is 21.9 Å². The Hall–Kier alpha value is -3.04. The van der Waals surface area contributed by atoms with Crippen LogP contribution in [0.4, 0.5) is 0 Å². The number of ether oxygens (including phenoxy) is 1. The van der Waals surface area contributed by atoms with Crippen molar-refractivity contribution < 1.29 is 22.7 Å². The van der Waals surface area contributed by atoms with Gasteiger partial charge < -0.3 is 4.74 Å². The van der Waals surface area contributed by atoms with Crippen molar-refractivity contribution in [2.45, 2.75) is 43.0 Å². The summed E-state index contributed by atoms with van der Waals surface area (Å²) in [7, 11) is -2.50. The van der Waals surface area contributed by atoms with Crippen molar-refractivity contribution in [1.82, 2.24) is 9.73 Å². The lowest BCUT2D eigenvalue weighted by molar-refractivity contribution is -0.121. The molecule has 1 aliphatic rings. The number of rotatable bonds is 8. The number of nitrogens with one attached hydrogen (secondary N) is 1. The molecule has 0 bridgehead atoms. The summed E-state index contributed by atoms with van der Waals surface area (Å²) in [5.74, 6) is -0.957. The second-order valence-corrected chi connectivity index (χ2v) is 9.45. The molecule has 1 saturated carbocycles. The van der Waals surface area contributed by atoms with Crippen LogP contribution in [-0.4, -0.2) is 50.5 Å². The lowest BCUT2D eigenvalue weighted by Crippen LogP contribution is -2.46. The predicted molar refractivity (Wildman–Crippen MR) is 121 cm³/mol. The Morgan fingerprint density at radius 2 is 1.72 bits per heavy atom. The van der Waals surface area contributed by atoms with E-state index in [1.165, 1.54) is 17.6 Å². The van der Waals surface area contributed by atoms with Crippen LogP contribution in [0.15, 0.2) is 64.6 Å². The topological polar surface area (TPSA) is 105 Å². The van der Waals surface area contributed by atoms with Gasteiger partial charge in [-0.3, -0.25) is 4.79 Å². The number of amides is 1. The van der Waals surface area contributed by atoms with E-state index in [0.717, 1.165) is 32.1 Å². The number of hydrogen-bond donors (Lipinski definition) is 1. The number of carbonyl (C=O) groups is 2. The zero-order chi connectivity index (χ0) is 23.0. The van der Waals surface area contributed by atoms with Gasteiger partial charge in [0.2, 0.25) is 10.0 Å². The minimum atomic E-state index is -3.81. The van der Waals surface area contributed by atoms with Crippen LogP contribution in [0.2, 0.25) is 0 Å². The van der Waals surface area contributed by atoms with Crippen molar-refractivity contribution >= 4 is 28.1 Å². The summed E-state index contributed by atoms with van der Waals surface area (Å²) in [6, 6.07) is 14.5. The summed E-state index contributed by atoms with van der Waals surface area (Å²) in [6.45, 7) is -0.305. The van der Waals surface area contributed by atoms with E-state index in [1.54, 1.807) is 54.6 Å². The first-order valence-corrected chi connectivity index (χ1v) is 11.9. The van der Waals surface area contributed by atoms with Crippen molar-refractivity contribution in [3.8, 4) is 0 Å². The maximum atomic E-state index is 13.2. The van der Waals surface area contributed by atoms with Crippen LogP contribution in [0.5, 0.6) is 0 Å². The van der Waals surface area contributed by atoms with Crippen molar-refractivity contribution in [3.63, 3.8) is 0 Å². The second-order valence-electron chi connectivity index (χ2n) is 7.56. The molecule has 0 spiro atoms. The standard InChI is InChI=1S/C23H27N3O5S/c1-31-23(28)19-14-12-18(13-15-19)16-24-25-22(27)17-26(20-8-4-2-5-9-20)32(29,30)21-10-6-3-7-11-21/h3,6-7,10-16,20H,2,4-5,8-9,17H2,1H3,(H,25,27)/b24-16+. The van der Waals surface area contributed by atoms with E-state index in [4.69, 9.17) is 0 Å². The molecule has 1 fully saturated rings. The monoisotopic (exact) mass is 457 g/mol. The molecule has 0 saturated heterocycles. The van der Waals surface area contributed by atoms with Gasteiger partial charge in [-0.25, -0.2) is 18.6 Å². The lowest BCUT2D eigenvalue weighted by atomic mass is 9.95. The Balaban J connectivity index is 1.68. The minimum absolute atomic E-state index is 0.174. The molecule has 1 aliphatic carbocycles. The van der Waals surface area contributed by atoms with Gasteiger partial charge in [0.25, 0.3) is 5.91 Å². The average Bonchev–Trinajstić information content (AvgIpc) is 2.83. The van der Waals surface area contributed by atoms with Gasteiger partial charge in [0, 0.05) is 6.04 Å². The molecular formula is C23H27N3O5S. The normalized spacial score (nSPS) is 15.1. The van der Waals surface area contributed by atoms with E-state index in [9.17, 15) is 18.0 Å². The van der Waals surface area contributed by atoms with E-state index in [1.807, 2.05) is 0 Å². The Kier molecular flexibility index (Phi) is 8.13. The molecule has 3 rings (SSSR count). The van der Waals surface area contributed by atoms with Crippen molar-refractivity contribution in [2.24, 2.45) is 5.10 Å². The van der Waals surface area contributed by atoms with Gasteiger partial charge in [-0.05, 0) is 42.7 Å². The van der Waals surface area contributed by atoms with Gasteiger partial charge in [0.15, 0.2) is 0 Å². The zero-order valence-corrected chi connectivity index (χ0v) is 18.8. The van der Waals surface area contributed by atoms with Crippen LogP contribution in [0.1, 0.15) is 48.0 Å². The molecule has 2 aromatic carbocycles. The van der Waals surface area contributed by atoms with E-state index >= 15 is 0 Å². The quantitative estimate of drug-likeness (QED) is 0.373. The summed E-state index contributed by atoms with van der Waals surface area (Å²) in [5, 5.41) is 3.93. The summed E-state index contributed by atoms with van der Waals surface area (Å²) >= 11 is 0. The fourth-order valence-corrected chi connectivity index (χ4v) is 5.35. The largest absolute Gasteiger partial charge is 0.465 e. The Morgan fingerprint density at radius 3 is 2.34 bits per heavy atom. The highest BCUT2D eigenvalue weighted by Crippen LogP contribution is 2.27. The first-order chi connectivity index (χ1) is 15.4. The summed E-state index contributed by atoms with van der Waals surface area (Å²) in [4.78, 5) is 24.2. The van der Waals surface area contributed by atoms with Crippen molar-refractivity contribution in [2.75, 3.05) is 13.7 Å². The number of esters is 1. The van der Waals surface area contributed by atoms with Crippen LogP contribution >= 0.6 is 0 Å². The van der Waals surface area contributed by atoms with Crippen LogP contribution < -0.4 is 5.43 Å². The molecule has 32 heavy (non-hydrogen) atoms. The molecule has 1 amide bonds. The fourth-order valence-electron chi connectivity index (χ4n) is 3.69. The van der Waals surface area contributed by atoms with Gasteiger partial charge >= 0.3 is 5.97 Å². The molecule has 1 N–H and O–H groups in total. The average molecular weight is 458 g/mol. The van der Waals surface area contributed by atoms with Crippen LogP contribution in [0.25, 0.3) is 0 Å². The highest BCUT2D eigenvalue weighted by atomic mass is 32.2. The molecule has 0 heterocycles. The molecule has 0 radical (unpaired) electrons. The summed E-state index contributed by atoms with van der Waals surface area (Å²) < 4.78 is 32.4. The Labute approximate surface area is 188 Å². The highest BCUT2D eigenvalue weighted by Gasteiger charge is 2.33. The molecule has 9 heteroatoms. The first kappa shape index (κ1) is 23.6. The van der Waals surface area contributed by atoms with Gasteiger partial charge in [-0.15, -0.1) is 0 Å². The van der Waals surface area contributed by atoms with Gasteiger partial charge in [-0.1, -0.05) is 49.6 Å². The minimum Gasteiger partial charge on any atom is -0.465 e. The number of hydrogen-bond acceptors (Lipinski definition) is 6. The maximum Gasteiger partial charge on any atom is 0.337 e. The number of nitrogens with zero attached hydrogens (tertiary/aromatic N) is 2. The van der Waals surface area contributed by atoms with Gasteiger partial charge in [0.1, 0.15) is 0 Å². The summed E-state index contributed by atoms with van der Waals surface area (Å²) in [6.07, 6.45) is 5.83. The number of hydrazone groups is 1. The van der Waals surface area contributed by atoms with Gasteiger partial charge in [-0.2, -0.15) is 9.41 Å². The number of methoxy groups -OCH3 is 1. The fraction of sp³-hybridized carbons (Fsp3) is 0.348. The van der Waals surface area contributed by atoms with E-state index in [-0.39, 0.29) is 17.5 Å². The molecule has 0 unspecified atom stereocenters. The third kappa shape index (κ3) is 6.02. The molecule has 0 aromatic heterocycles. The predicted octanol–water partition coefficient (Wildman–Crippen LogP) is 2.95. The third-order valence-electron chi connectivity index (χ3n) is 5.37. The van der Waals surface area contributed by atoms with E-state index in [2.05, 4.69) is 15.3 Å². The molecule has 170 valence electrons. The lowest BCUT2D eigenvalue weighted by Gasteiger charge is -2.32. The van der Waals surface area contributed by atoms with Crippen molar-refractivity contribution in [3.05, 3.63) is 65.7 Å².